The molecule has 3 N–H and O–H groups in total. The maximum absolute atomic E-state index is 11.0. The average molecular weight is 260 g/mol. The molecular weight excluding hydrogens is 246 g/mol. The Balaban J connectivity index is 0.00000144. The first kappa shape index (κ1) is 13.6. The number of carboxylic acid groups (broad SMARTS) is 1. The fraction of sp³-hybridized carbons (Fsp3) is 0.364. The number of nitrogens with two attached hydrogens (primary N) is 1. The third kappa shape index (κ3) is 2.45. The van der Waals surface area contributed by atoms with Gasteiger partial charge in [-0.2, -0.15) is 0 Å². The normalized spacial score (nSPS) is 16.6. The molecule has 1 heterocycles. The first-order valence-electron chi connectivity index (χ1n) is 4.94. The summed E-state index contributed by atoms with van der Waals surface area (Å²) >= 11 is 0. The van der Waals surface area contributed by atoms with E-state index in [1.54, 1.807) is 18.2 Å². The minimum absolute atomic E-state index is 0. The quantitative estimate of drug-likeness (QED) is 0.832. The Morgan fingerprint density at radius 3 is 2.53 bits per heavy atom. The van der Waals surface area contributed by atoms with E-state index in [-0.39, 0.29) is 12.4 Å². The van der Waals surface area contributed by atoms with Crippen LogP contribution in [0.4, 0.5) is 0 Å². The zero-order valence-corrected chi connectivity index (χ0v) is 10.1. The van der Waals surface area contributed by atoms with Crippen molar-refractivity contribution >= 4 is 18.4 Å². The number of halogens is 1. The lowest BCUT2D eigenvalue weighted by Gasteiger charge is -2.23. The molecular formula is C11H14ClNO4. The second kappa shape index (κ2) is 4.81. The molecule has 1 unspecified atom stereocenters. The Labute approximate surface area is 105 Å². The minimum atomic E-state index is -1.42. The van der Waals surface area contributed by atoms with Gasteiger partial charge in [0.2, 0.25) is 0 Å². The number of benzene rings is 1. The van der Waals surface area contributed by atoms with E-state index in [0.717, 1.165) is 0 Å². The van der Waals surface area contributed by atoms with Gasteiger partial charge in [-0.15, -0.1) is 12.4 Å². The van der Waals surface area contributed by atoms with Gasteiger partial charge >= 0.3 is 5.97 Å². The van der Waals surface area contributed by atoms with Gasteiger partial charge in [-0.1, -0.05) is 6.07 Å². The lowest BCUT2D eigenvalue weighted by atomic mass is 9.93. The van der Waals surface area contributed by atoms with Crippen molar-refractivity contribution in [2.24, 2.45) is 5.73 Å². The lowest BCUT2D eigenvalue weighted by Crippen LogP contribution is -2.41. The molecule has 1 atom stereocenters. The molecule has 6 heteroatoms. The third-order valence-corrected chi connectivity index (χ3v) is 2.59. The molecule has 0 aromatic heterocycles. The van der Waals surface area contributed by atoms with Crippen molar-refractivity contribution in [3.05, 3.63) is 23.8 Å². The summed E-state index contributed by atoms with van der Waals surface area (Å²) in [5, 5.41) is 9.00. The second-order valence-electron chi connectivity index (χ2n) is 3.87. The van der Waals surface area contributed by atoms with Crippen molar-refractivity contribution in [2.75, 3.05) is 13.2 Å². The Kier molecular flexibility index (Phi) is 3.85. The van der Waals surface area contributed by atoms with E-state index >= 15 is 0 Å². The molecule has 17 heavy (non-hydrogen) atoms. The van der Waals surface area contributed by atoms with Gasteiger partial charge in [0.05, 0.1) is 0 Å². The van der Waals surface area contributed by atoms with E-state index in [9.17, 15) is 4.79 Å². The molecule has 1 aromatic carbocycles. The highest BCUT2D eigenvalue weighted by atomic mass is 35.5. The molecule has 0 saturated carbocycles. The third-order valence-electron chi connectivity index (χ3n) is 2.59. The second-order valence-corrected chi connectivity index (χ2v) is 3.87. The summed E-state index contributed by atoms with van der Waals surface area (Å²) < 4.78 is 10.7. The summed E-state index contributed by atoms with van der Waals surface area (Å²) in [6.45, 7) is 2.41. The zero-order chi connectivity index (χ0) is 11.8. The Bertz CT molecular complexity index is 433. The molecule has 0 fully saturated rings. The zero-order valence-electron chi connectivity index (χ0n) is 9.30. The fourth-order valence-electron chi connectivity index (χ4n) is 1.49. The van der Waals surface area contributed by atoms with Crippen molar-refractivity contribution in [1.29, 1.82) is 0 Å². The number of fused-ring (bicyclic) bond motifs is 1. The molecule has 0 aliphatic carbocycles. The highest BCUT2D eigenvalue weighted by molar-refractivity contribution is 5.85. The van der Waals surface area contributed by atoms with Crippen LogP contribution in [-0.2, 0) is 10.3 Å². The summed E-state index contributed by atoms with van der Waals surface area (Å²) in [6, 6.07) is 4.93. The minimum Gasteiger partial charge on any atom is -0.486 e. The van der Waals surface area contributed by atoms with E-state index in [1.165, 1.54) is 6.92 Å². The van der Waals surface area contributed by atoms with Crippen LogP contribution in [-0.4, -0.2) is 24.3 Å². The smallest absolute Gasteiger partial charge is 0.328 e. The largest absolute Gasteiger partial charge is 0.486 e. The maximum Gasteiger partial charge on any atom is 0.328 e. The van der Waals surface area contributed by atoms with Crippen LogP contribution >= 0.6 is 12.4 Å². The van der Waals surface area contributed by atoms with Gasteiger partial charge < -0.3 is 20.3 Å². The number of rotatable bonds is 2. The van der Waals surface area contributed by atoms with E-state index in [1.807, 2.05) is 0 Å². The van der Waals surface area contributed by atoms with E-state index in [2.05, 4.69) is 0 Å². The molecule has 5 nitrogen and oxygen atoms in total. The number of carboxylic acids is 1. The topological polar surface area (TPSA) is 81.8 Å². The Morgan fingerprint density at radius 2 is 1.94 bits per heavy atom. The summed E-state index contributed by atoms with van der Waals surface area (Å²) in [5.41, 5.74) is 4.79. The van der Waals surface area contributed by atoms with Gasteiger partial charge in [0, 0.05) is 0 Å². The van der Waals surface area contributed by atoms with Gasteiger partial charge in [-0.05, 0) is 24.6 Å². The Morgan fingerprint density at radius 1 is 1.35 bits per heavy atom. The number of ether oxygens (including phenoxy) is 2. The number of carbonyl (C=O) groups is 1. The lowest BCUT2D eigenvalue weighted by molar-refractivity contribution is -0.143. The van der Waals surface area contributed by atoms with Crippen molar-refractivity contribution < 1.29 is 19.4 Å². The first-order chi connectivity index (χ1) is 7.51. The molecule has 0 amide bonds. The average Bonchev–Trinajstić information content (AvgIpc) is 2.28. The standard InChI is InChI=1S/C11H13NO4.ClH/c1-11(12,10(13)14)7-2-3-8-9(6-7)16-5-4-15-8;/h2-3,6H,4-5,12H2,1H3,(H,13,14);1H. The van der Waals surface area contributed by atoms with Crippen LogP contribution in [0, 0.1) is 0 Å². The molecule has 94 valence electrons. The fourth-order valence-corrected chi connectivity index (χ4v) is 1.49. The predicted molar refractivity (Wildman–Crippen MR) is 63.9 cm³/mol. The van der Waals surface area contributed by atoms with Crippen molar-refractivity contribution in [3.63, 3.8) is 0 Å². The highest BCUT2D eigenvalue weighted by Gasteiger charge is 2.31. The summed E-state index contributed by atoms with van der Waals surface area (Å²) in [4.78, 5) is 11.0. The number of hydrogen-bond acceptors (Lipinski definition) is 4. The molecule has 2 rings (SSSR count). The molecule has 1 aliphatic heterocycles. The van der Waals surface area contributed by atoms with Crippen LogP contribution in [0.5, 0.6) is 11.5 Å². The van der Waals surface area contributed by atoms with Crippen LogP contribution in [0.25, 0.3) is 0 Å². The maximum atomic E-state index is 11.0. The molecule has 0 spiro atoms. The van der Waals surface area contributed by atoms with Crippen LogP contribution in [0.15, 0.2) is 18.2 Å². The molecule has 1 aliphatic rings. The van der Waals surface area contributed by atoms with Gasteiger partial charge in [0.15, 0.2) is 11.5 Å². The van der Waals surface area contributed by atoms with Crippen LogP contribution < -0.4 is 15.2 Å². The highest BCUT2D eigenvalue weighted by Crippen LogP contribution is 2.33. The van der Waals surface area contributed by atoms with Crippen LogP contribution in [0.2, 0.25) is 0 Å². The van der Waals surface area contributed by atoms with Crippen molar-refractivity contribution in [2.45, 2.75) is 12.5 Å². The summed E-state index contributed by atoms with van der Waals surface area (Å²) in [6.07, 6.45) is 0. The van der Waals surface area contributed by atoms with Gasteiger partial charge in [0.1, 0.15) is 18.8 Å². The molecule has 0 radical (unpaired) electrons. The predicted octanol–water partition coefficient (Wildman–Crippen LogP) is 1.14. The molecule has 0 bridgehead atoms. The van der Waals surface area contributed by atoms with Crippen molar-refractivity contribution in [3.8, 4) is 11.5 Å². The van der Waals surface area contributed by atoms with E-state index in [0.29, 0.717) is 30.3 Å². The van der Waals surface area contributed by atoms with Gasteiger partial charge in [0.25, 0.3) is 0 Å². The van der Waals surface area contributed by atoms with Crippen molar-refractivity contribution in [1.82, 2.24) is 0 Å². The van der Waals surface area contributed by atoms with Gasteiger partial charge in [-0.25, -0.2) is 4.79 Å². The number of aliphatic carboxylic acids is 1. The monoisotopic (exact) mass is 259 g/mol. The first-order valence-corrected chi connectivity index (χ1v) is 4.94. The number of hydrogen-bond donors (Lipinski definition) is 2. The molecule has 0 saturated heterocycles. The SMILES string of the molecule is CC(N)(C(=O)O)c1ccc2c(c1)OCCO2.Cl. The van der Waals surface area contributed by atoms with E-state index < -0.39 is 11.5 Å². The summed E-state index contributed by atoms with van der Waals surface area (Å²) in [7, 11) is 0. The van der Waals surface area contributed by atoms with E-state index in [4.69, 9.17) is 20.3 Å². The van der Waals surface area contributed by atoms with Crippen LogP contribution in [0.1, 0.15) is 12.5 Å². The summed E-state index contributed by atoms with van der Waals surface area (Å²) in [5.74, 6) is 0.0852. The molecule has 1 aromatic rings. The van der Waals surface area contributed by atoms with Gasteiger partial charge in [-0.3, -0.25) is 0 Å². The Hall–Kier alpha value is -1.46. The van der Waals surface area contributed by atoms with Crippen LogP contribution in [0.3, 0.4) is 0 Å².